The van der Waals surface area contributed by atoms with Crippen molar-refractivity contribution in [1.82, 2.24) is 4.98 Å². The molecule has 3 nitrogen and oxygen atoms in total. The summed E-state index contributed by atoms with van der Waals surface area (Å²) in [7, 11) is 0. The van der Waals surface area contributed by atoms with Crippen LogP contribution in [0.2, 0.25) is 0 Å². The van der Waals surface area contributed by atoms with Gasteiger partial charge in [-0.2, -0.15) is 0 Å². The van der Waals surface area contributed by atoms with Crippen LogP contribution in [0.1, 0.15) is 18.9 Å². The summed E-state index contributed by atoms with van der Waals surface area (Å²) in [5, 5.41) is 0.862. The monoisotopic (exact) mass is 284 g/mol. The van der Waals surface area contributed by atoms with Crippen molar-refractivity contribution in [2.75, 3.05) is 24.6 Å². The maximum atomic E-state index is 5.65. The molecule has 88 valence electrons. The highest BCUT2D eigenvalue weighted by Gasteiger charge is 2.19. The molecule has 1 unspecified atom stereocenters. The Kier molecular flexibility index (Phi) is 4.18. The van der Waals surface area contributed by atoms with Gasteiger partial charge in [-0.15, -0.1) is 0 Å². The molecule has 1 aromatic rings. The largest absolute Gasteiger partial charge is 0.375 e. The summed E-state index contributed by atoms with van der Waals surface area (Å²) >= 11 is 3.43. The highest BCUT2D eigenvalue weighted by atomic mass is 79.9. The summed E-state index contributed by atoms with van der Waals surface area (Å²) in [5.41, 5.74) is 1.21. The number of hydrogen-bond donors (Lipinski definition) is 0. The Bertz CT molecular complexity index is 328. The van der Waals surface area contributed by atoms with Crippen LogP contribution in [-0.4, -0.2) is 30.8 Å². The van der Waals surface area contributed by atoms with Crippen molar-refractivity contribution in [3.05, 3.63) is 23.9 Å². The van der Waals surface area contributed by atoms with E-state index in [1.54, 1.807) is 0 Å². The number of hydrogen-bond acceptors (Lipinski definition) is 3. The molecular weight excluding hydrogens is 268 g/mol. The summed E-state index contributed by atoms with van der Waals surface area (Å²) < 4.78 is 5.65. The summed E-state index contributed by atoms with van der Waals surface area (Å²) in [6.45, 7) is 4.87. The molecule has 0 saturated carbocycles. The average molecular weight is 285 g/mol. The standard InChI is InChI=1S/C12H17BrN2O/c1-2-11-9-15(5-6-16-11)12-4-3-10(7-13)8-14-12/h3-4,8,11H,2,5-7,9H2,1H3. The average Bonchev–Trinajstić information content (AvgIpc) is 2.39. The topological polar surface area (TPSA) is 25.4 Å². The van der Waals surface area contributed by atoms with E-state index in [-0.39, 0.29) is 0 Å². The molecule has 1 aliphatic rings. The van der Waals surface area contributed by atoms with Gasteiger partial charge in [-0.25, -0.2) is 4.98 Å². The number of aromatic nitrogens is 1. The zero-order valence-corrected chi connectivity index (χ0v) is 11.1. The predicted octanol–water partition coefficient (Wildman–Crippen LogP) is 2.59. The van der Waals surface area contributed by atoms with Gasteiger partial charge in [-0.3, -0.25) is 0 Å². The van der Waals surface area contributed by atoms with Crippen molar-refractivity contribution in [3.63, 3.8) is 0 Å². The lowest BCUT2D eigenvalue weighted by Crippen LogP contribution is -2.42. The second-order valence-electron chi connectivity index (χ2n) is 4.01. The van der Waals surface area contributed by atoms with Gasteiger partial charge >= 0.3 is 0 Å². The zero-order valence-electron chi connectivity index (χ0n) is 9.53. The minimum atomic E-state index is 0.353. The van der Waals surface area contributed by atoms with Crippen LogP contribution in [0.3, 0.4) is 0 Å². The molecule has 1 atom stereocenters. The van der Waals surface area contributed by atoms with Crippen LogP contribution in [-0.2, 0) is 10.1 Å². The lowest BCUT2D eigenvalue weighted by Gasteiger charge is -2.33. The first-order valence-electron chi connectivity index (χ1n) is 5.71. The molecule has 1 saturated heterocycles. The Morgan fingerprint density at radius 1 is 1.56 bits per heavy atom. The van der Waals surface area contributed by atoms with Gasteiger partial charge < -0.3 is 9.64 Å². The fourth-order valence-electron chi connectivity index (χ4n) is 1.86. The molecule has 4 heteroatoms. The van der Waals surface area contributed by atoms with E-state index >= 15 is 0 Å². The molecule has 2 heterocycles. The third-order valence-electron chi connectivity index (χ3n) is 2.88. The Labute approximate surface area is 105 Å². The van der Waals surface area contributed by atoms with Gasteiger partial charge in [0.05, 0.1) is 12.7 Å². The van der Waals surface area contributed by atoms with Gasteiger partial charge in [0.1, 0.15) is 5.82 Å². The predicted molar refractivity (Wildman–Crippen MR) is 69.1 cm³/mol. The first-order chi connectivity index (χ1) is 7.83. The quantitative estimate of drug-likeness (QED) is 0.798. The Morgan fingerprint density at radius 2 is 2.44 bits per heavy atom. The van der Waals surface area contributed by atoms with Gasteiger partial charge in [-0.05, 0) is 18.1 Å². The van der Waals surface area contributed by atoms with Gasteiger partial charge in [-0.1, -0.05) is 28.9 Å². The van der Waals surface area contributed by atoms with Gasteiger partial charge in [0.25, 0.3) is 0 Å². The van der Waals surface area contributed by atoms with E-state index in [4.69, 9.17) is 4.74 Å². The first kappa shape index (κ1) is 11.9. The highest BCUT2D eigenvalue weighted by molar-refractivity contribution is 9.08. The smallest absolute Gasteiger partial charge is 0.128 e. The number of halogens is 1. The van der Waals surface area contributed by atoms with Crippen LogP contribution < -0.4 is 4.90 Å². The van der Waals surface area contributed by atoms with Crippen molar-refractivity contribution in [2.24, 2.45) is 0 Å². The van der Waals surface area contributed by atoms with Gasteiger partial charge in [0.2, 0.25) is 0 Å². The molecule has 2 rings (SSSR count). The third kappa shape index (κ3) is 2.74. The third-order valence-corrected chi connectivity index (χ3v) is 3.53. The van der Waals surface area contributed by atoms with E-state index in [0.717, 1.165) is 37.3 Å². The van der Waals surface area contributed by atoms with Crippen LogP contribution in [0.4, 0.5) is 5.82 Å². The number of ether oxygens (including phenoxy) is 1. The fourth-order valence-corrected chi connectivity index (χ4v) is 2.19. The Hall–Kier alpha value is -0.610. The van der Waals surface area contributed by atoms with E-state index in [9.17, 15) is 0 Å². The lowest BCUT2D eigenvalue weighted by atomic mass is 10.2. The minimum Gasteiger partial charge on any atom is -0.375 e. The van der Waals surface area contributed by atoms with Crippen molar-refractivity contribution < 1.29 is 4.74 Å². The molecule has 16 heavy (non-hydrogen) atoms. The molecule has 0 aromatic carbocycles. The molecule has 0 aliphatic carbocycles. The van der Waals surface area contributed by atoms with Crippen molar-refractivity contribution in [2.45, 2.75) is 24.8 Å². The molecule has 0 bridgehead atoms. The van der Waals surface area contributed by atoms with Gasteiger partial charge in [0.15, 0.2) is 0 Å². The lowest BCUT2D eigenvalue weighted by molar-refractivity contribution is 0.0381. The highest BCUT2D eigenvalue weighted by Crippen LogP contribution is 2.17. The number of morpholine rings is 1. The Balaban J connectivity index is 2.05. The van der Waals surface area contributed by atoms with Crippen molar-refractivity contribution >= 4 is 21.7 Å². The van der Waals surface area contributed by atoms with E-state index in [2.05, 4.69) is 44.9 Å². The van der Waals surface area contributed by atoms with E-state index in [1.165, 1.54) is 5.56 Å². The number of alkyl halides is 1. The molecule has 0 N–H and O–H groups in total. The van der Waals surface area contributed by atoms with Crippen LogP contribution in [0, 0.1) is 0 Å². The molecular formula is C12H17BrN2O. The zero-order chi connectivity index (χ0) is 11.4. The SMILES string of the molecule is CCC1CN(c2ccc(CBr)cn2)CCO1. The number of anilines is 1. The molecule has 1 fully saturated rings. The van der Waals surface area contributed by atoms with Crippen LogP contribution >= 0.6 is 15.9 Å². The molecule has 1 aliphatic heterocycles. The molecule has 0 amide bonds. The summed E-state index contributed by atoms with van der Waals surface area (Å²) in [4.78, 5) is 6.78. The first-order valence-corrected chi connectivity index (χ1v) is 6.83. The number of pyridine rings is 1. The normalized spacial score (nSPS) is 21.1. The van der Waals surface area contributed by atoms with E-state index in [1.807, 2.05) is 6.20 Å². The summed E-state index contributed by atoms with van der Waals surface area (Å²) in [5.74, 6) is 1.06. The second-order valence-corrected chi connectivity index (χ2v) is 4.57. The van der Waals surface area contributed by atoms with Crippen molar-refractivity contribution in [1.29, 1.82) is 0 Å². The fraction of sp³-hybridized carbons (Fsp3) is 0.583. The van der Waals surface area contributed by atoms with Gasteiger partial charge in [0, 0.05) is 24.6 Å². The number of rotatable bonds is 3. The molecule has 0 spiro atoms. The maximum absolute atomic E-state index is 5.65. The van der Waals surface area contributed by atoms with Crippen molar-refractivity contribution in [3.8, 4) is 0 Å². The maximum Gasteiger partial charge on any atom is 0.128 e. The minimum absolute atomic E-state index is 0.353. The Morgan fingerprint density at radius 3 is 3.06 bits per heavy atom. The summed E-state index contributed by atoms with van der Waals surface area (Å²) in [6, 6.07) is 4.21. The molecule has 0 radical (unpaired) electrons. The number of nitrogens with zero attached hydrogens (tertiary/aromatic N) is 2. The second kappa shape index (κ2) is 5.64. The van der Waals surface area contributed by atoms with Crippen LogP contribution in [0.25, 0.3) is 0 Å². The van der Waals surface area contributed by atoms with E-state index < -0.39 is 0 Å². The van der Waals surface area contributed by atoms with E-state index in [0.29, 0.717) is 6.10 Å². The molecule has 1 aromatic heterocycles. The van der Waals surface area contributed by atoms with Crippen LogP contribution in [0.5, 0.6) is 0 Å². The van der Waals surface area contributed by atoms with Crippen LogP contribution in [0.15, 0.2) is 18.3 Å². The summed E-state index contributed by atoms with van der Waals surface area (Å²) in [6.07, 6.45) is 3.35.